The van der Waals surface area contributed by atoms with Crippen molar-refractivity contribution >= 4 is 5.97 Å². The molecule has 18 nitrogen and oxygen atoms in total. The summed E-state index contributed by atoms with van der Waals surface area (Å²) in [5.74, 6) is -1.50. The predicted molar refractivity (Wildman–Crippen MR) is 180 cm³/mol. The van der Waals surface area contributed by atoms with E-state index in [-0.39, 0.29) is 37.5 Å². The van der Waals surface area contributed by atoms with Gasteiger partial charge in [0.2, 0.25) is 0 Å². The fraction of sp³-hybridized carbons (Fsp3) is 0.917. The first-order valence-electron chi connectivity index (χ1n) is 19.3. The quantitative estimate of drug-likeness (QED) is 0.0756. The van der Waals surface area contributed by atoms with Gasteiger partial charge < -0.3 is 84.6 Å². The highest BCUT2D eigenvalue weighted by Crippen LogP contribution is 2.45. The third-order valence-electron chi connectivity index (χ3n) is 12.2. The average Bonchev–Trinajstić information content (AvgIpc) is 3.15. The molecule has 3 aliphatic heterocycles. The lowest BCUT2D eigenvalue weighted by Gasteiger charge is -2.52. The molecule has 9 unspecified atom stereocenters. The second kappa shape index (κ2) is 18.4. The van der Waals surface area contributed by atoms with E-state index in [1.807, 2.05) is 0 Å². The Labute approximate surface area is 312 Å². The second-order valence-electron chi connectivity index (χ2n) is 16.0. The molecule has 0 spiro atoms. The summed E-state index contributed by atoms with van der Waals surface area (Å²) >= 11 is 0. The van der Waals surface area contributed by atoms with Crippen molar-refractivity contribution in [3.05, 3.63) is 12.2 Å². The molecule has 18 heteroatoms. The van der Waals surface area contributed by atoms with Crippen molar-refractivity contribution in [1.82, 2.24) is 0 Å². The third-order valence-corrected chi connectivity index (χ3v) is 12.2. The number of aliphatic hydroxyl groups is 11. The summed E-state index contributed by atoms with van der Waals surface area (Å²) in [7, 11) is 0. The number of esters is 1. The van der Waals surface area contributed by atoms with Crippen LogP contribution in [0, 0.1) is 17.8 Å². The normalized spacial score (nSPS) is 50.4. The summed E-state index contributed by atoms with van der Waals surface area (Å²) < 4.78 is 36.0. The van der Waals surface area contributed by atoms with Crippen LogP contribution < -0.4 is 0 Å². The van der Waals surface area contributed by atoms with Crippen molar-refractivity contribution in [2.24, 2.45) is 17.8 Å². The van der Waals surface area contributed by atoms with Crippen LogP contribution in [0.1, 0.15) is 64.2 Å². The summed E-state index contributed by atoms with van der Waals surface area (Å²) in [6.07, 6.45) is -14.6. The summed E-state index contributed by atoms with van der Waals surface area (Å²) in [5, 5.41) is 114. The van der Waals surface area contributed by atoms with Gasteiger partial charge >= 0.3 is 5.97 Å². The minimum Gasteiger partial charge on any atom is -0.460 e. The minimum atomic E-state index is -1.74. The number of fused-ring (bicyclic) bond motifs is 1. The molecule has 0 aromatic rings. The Morgan fingerprint density at radius 2 is 1.24 bits per heavy atom. The van der Waals surface area contributed by atoms with Gasteiger partial charge in [0.1, 0.15) is 55.4 Å². The molecule has 3 saturated carbocycles. The summed E-state index contributed by atoms with van der Waals surface area (Å²) in [4.78, 5) is 12.6. The van der Waals surface area contributed by atoms with Gasteiger partial charge in [-0.2, -0.15) is 0 Å². The Balaban J connectivity index is 1.15. The highest BCUT2D eigenvalue weighted by atomic mass is 16.7. The van der Waals surface area contributed by atoms with Crippen molar-refractivity contribution in [1.29, 1.82) is 0 Å². The van der Waals surface area contributed by atoms with Crippen LogP contribution >= 0.6 is 0 Å². The maximum Gasteiger partial charge on any atom is 0.330 e. The molecular weight excluding hydrogens is 720 g/mol. The van der Waals surface area contributed by atoms with Crippen LogP contribution in [0.25, 0.3) is 0 Å². The predicted octanol–water partition coefficient (Wildman–Crippen LogP) is -3.53. The Bertz CT molecular complexity index is 1230. The number of hydrogen-bond acceptors (Lipinski definition) is 18. The zero-order valence-corrected chi connectivity index (χ0v) is 30.0. The molecule has 3 heterocycles. The molecule has 0 bridgehead atoms. The van der Waals surface area contributed by atoms with E-state index in [9.17, 15) is 61.0 Å². The second-order valence-corrected chi connectivity index (χ2v) is 16.0. The average molecular weight is 779 g/mol. The number of hydrogen-bond donors (Lipinski definition) is 11. The van der Waals surface area contributed by atoms with Crippen molar-refractivity contribution in [2.75, 3.05) is 13.2 Å². The van der Waals surface area contributed by atoms with E-state index in [1.165, 1.54) is 6.08 Å². The number of allylic oxidation sites excluding steroid dienone is 1. The highest BCUT2D eigenvalue weighted by molar-refractivity contribution is 5.81. The summed E-state index contributed by atoms with van der Waals surface area (Å²) in [5.41, 5.74) is 0. The number of ether oxygens (including phenoxy) is 6. The molecule has 0 radical (unpaired) electrons. The zero-order chi connectivity index (χ0) is 38.8. The summed E-state index contributed by atoms with van der Waals surface area (Å²) in [6, 6.07) is 0. The van der Waals surface area contributed by atoms with Gasteiger partial charge in [0, 0.05) is 18.4 Å². The highest BCUT2D eigenvalue weighted by Gasteiger charge is 2.54. The Hall–Kier alpha value is -1.43. The SMILES string of the molecule is O=C(C=CC1CCC(O)C(O)C1)OC[C@@H]1O[C@H](OC2CC3C(CC(O)CC3O[C@H]3O[C@@H](CO)[C@H](O)[C@H](O)[C@@H]3O)OC2C2CCC(O)CC2)[C@@H](O)[C@@H](O)[C@H]1O. The molecular formula is C36H58O18. The molecule has 11 N–H and O–H groups in total. The molecule has 3 aliphatic carbocycles. The van der Waals surface area contributed by atoms with Crippen molar-refractivity contribution < 1.29 is 89.4 Å². The number of rotatable bonds is 10. The van der Waals surface area contributed by atoms with E-state index in [0.29, 0.717) is 38.5 Å². The van der Waals surface area contributed by atoms with Gasteiger partial charge in [-0.05, 0) is 69.6 Å². The van der Waals surface area contributed by atoms with E-state index in [4.69, 9.17) is 28.4 Å². The molecule has 6 aliphatic rings. The molecule has 54 heavy (non-hydrogen) atoms. The molecule has 19 atom stereocenters. The smallest absolute Gasteiger partial charge is 0.330 e. The van der Waals surface area contributed by atoms with E-state index >= 15 is 0 Å². The monoisotopic (exact) mass is 778 g/mol. The van der Waals surface area contributed by atoms with E-state index in [1.54, 1.807) is 6.08 Å². The lowest BCUT2D eigenvalue weighted by Crippen LogP contribution is -2.63. The Morgan fingerprint density at radius 3 is 1.89 bits per heavy atom. The van der Waals surface area contributed by atoms with Crippen LogP contribution in [-0.4, -0.2) is 186 Å². The summed E-state index contributed by atoms with van der Waals surface area (Å²) in [6.45, 7) is -1.15. The van der Waals surface area contributed by atoms with Gasteiger partial charge in [-0.25, -0.2) is 4.79 Å². The first-order valence-corrected chi connectivity index (χ1v) is 19.3. The maximum absolute atomic E-state index is 12.6. The zero-order valence-electron chi connectivity index (χ0n) is 30.0. The van der Waals surface area contributed by atoms with Gasteiger partial charge in [0.15, 0.2) is 12.6 Å². The van der Waals surface area contributed by atoms with Crippen LogP contribution in [0.2, 0.25) is 0 Å². The Kier molecular flexibility index (Phi) is 14.4. The van der Waals surface area contributed by atoms with E-state index in [2.05, 4.69) is 0 Å². The van der Waals surface area contributed by atoms with E-state index < -0.39 is 135 Å². The third kappa shape index (κ3) is 9.63. The maximum atomic E-state index is 12.6. The van der Waals surface area contributed by atoms with Crippen molar-refractivity contribution in [3.63, 3.8) is 0 Å². The van der Waals surface area contributed by atoms with Crippen molar-refractivity contribution in [2.45, 2.75) is 174 Å². The Morgan fingerprint density at radius 1 is 0.611 bits per heavy atom. The van der Waals surface area contributed by atoms with Gasteiger partial charge in [-0.3, -0.25) is 0 Å². The van der Waals surface area contributed by atoms with Gasteiger partial charge in [-0.1, -0.05) is 6.08 Å². The number of carbonyl (C=O) groups excluding carboxylic acids is 1. The lowest BCUT2D eigenvalue weighted by atomic mass is 9.73. The molecule has 6 rings (SSSR count). The van der Waals surface area contributed by atoms with Gasteiger partial charge in [0.05, 0.1) is 55.4 Å². The fourth-order valence-electron chi connectivity index (χ4n) is 8.96. The van der Waals surface area contributed by atoms with Crippen LogP contribution in [0.15, 0.2) is 12.2 Å². The fourth-order valence-corrected chi connectivity index (χ4v) is 8.96. The first-order chi connectivity index (χ1) is 25.7. The first kappa shape index (κ1) is 42.2. The topological polar surface area (TPSA) is 295 Å². The van der Waals surface area contributed by atoms with Crippen LogP contribution in [0.4, 0.5) is 0 Å². The minimum absolute atomic E-state index is 0.0885. The van der Waals surface area contributed by atoms with Crippen LogP contribution in [0.3, 0.4) is 0 Å². The largest absolute Gasteiger partial charge is 0.460 e. The molecule has 3 saturated heterocycles. The van der Waals surface area contributed by atoms with Gasteiger partial charge in [0.25, 0.3) is 0 Å². The molecule has 310 valence electrons. The molecule has 0 amide bonds. The molecule has 0 aromatic carbocycles. The standard InChI is InChI=1S/C36H58O18/c37-13-25-28(43)30(45)32(47)35(53-25)51-23-11-18(39)10-22-19(23)12-24(34(50-22)16-3-5-17(38)6-4-16)52-36-33(48)31(46)29(44)26(54-36)14-49-27(42)8-2-15-1-7-20(40)21(41)9-15/h2,8,15-26,28-41,43-48H,1,3-7,9-14H2/t15?,16?,17?,18?,19?,20?,21?,22?,23?,24?,25-,26-,28-,29-,30-,31-,32-,33-,34?,35-,36-/m0/s1. The van der Waals surface area contributed by atoms with Gasteiger partial charge in [-0.15, -0.1) is 0 Å². The van der Waals surface area contributed by atoms with E-state index in [0.717, 1.165) is 0 Å². The lowest BCUT2D eigenvalue weighted by molar-refractivity contribution is -0.344. The molecule has 0 aromatic heterocycles. The van der Waals surface area contributed by atoms with Crippen molar-refractivity contribution in [3.8, 4) is 0 Å². The van der Waals surface area contributed by atoms with Crippen LogP contribution in [-0.2, 0) is 33.2 Å². The number of carbonyl (C=O) groups is 1. The number of aliphatic hydroxyl groups excluding tert-OH is 11. The molecule has 6 fully saturated rings. The van der Waals surface area contributed by atoms with Crippen LogP contribution in [0.5, 0.6) is 0 Å².